The topological polar surface area (TPSA) is 72.7 Å². The number of nitrogens with zero attached hydrogens (tertiary/aromatic N) is 4. The molecule has 0 aliphatic heterocycles. The first-order valence-electron chi connectivity index (χ1n) is 8.82. The number of rotatable bonds is 6. The van der Waals surface area contributed by atoms with Gasteiger partial charge in [-0.2, -0.15) is 5.10 Å². The molecule has 0 unspecified atom stereocenters. The zero-order chi connectivity index (χ0) is 18.5. The minimum Gasteiger partial charge on any atom is -0.352 e. The Balaban J connectivity index is 1.43. The number of benzene rings is 1. The number of amides is 1. The van der Waals surface area contributed by atoms with E-state index in [1.54, 1.807) is 24.8 Å². The number of fused-ring (bicyclic) bond motifs is 1. The second-order valence-corrected chi connectivity index (χ2v) is 6.29. The SMILES string of the molecule is O=C(NCCc1cccnc1)c1cnc2c(cnn2Cc2ccccc2)c1. The summed E-state index contributed by atoms with van der Waals surface area (Å²) in [5.74, 6) is -0.135. The molecule has 6 heteroatoms. The molecule has 3 heterocycles. The van der Waals surface area contributed by atoms with Crippen molar-refractivity contribution in [2.75, 3.05) is 6.54 Å². The van der Waals surface area contributed by atoms with E-state index in [0.717, 1.165) is 28.6 Å². The van der Waals surface area contributed by atoms with Gasteiger partial charge >= 0.3 is 0 Å². The number of pyridine rings is 2. The molecule has 0 radical (unpaired) electrons. The zero-order valence-electron chi connectivity index (χ0n) is 14.7. The van der Waals surface area contributed by atoms with E-state index in [2.05, 4.69) is 32.5 Å². The van der Waals surface area contributed by atoms with Gasteiger partial charge in [-0.25, -0.2) is 9.67 Å². The first-order chi connectivity index (χ1) is 13.3. The largest absolute Gasteiger partial charge is 0.352 e. The van der Waals surface area contributed by atoms with Gasteiger partial charge in [-0.1, -0.05) is 36.4 Å². The Hall–Kier alpha value is -3.54. The van der Waals surface area contributed by atoms with Gasteiger partial charge in [-0.15, -0.1) is 0 Å². The third-order valence-electron chi connectivity index (χ3n) is 4.34. The van der Waals surface area contributed by atoms with Crippen LogP contribution in [-0.2, 0) is 13.0 Å². The van der Waals surface area contributed by atoms with Crippen LogP contribution in [0.15, 0.2) is 73.3 Å². The van der Waals surface area contributed by atoms with E-state index < -0.39 is 0 Å². The lowest BCUT2D eigenvalue weighted by Gasteiger charge is -2.06. The standard InChI is InChI=1S/C21H19N5O/c27-21(23-10-8-16-7-4-9-22-12-16)19-11-18-14-25-26(20(18)24-13-19)15-17-5-2-1-3-6-17/h1-7,9,11-14H,8,10,15H2,(H,23,27). The Morgan fingerprint density at radius 2 is 1.85 bits per heavy atom. The number of carbonyl (C=O) groups excluding carboxylic acids is 1. The molecular weight excluding hydrogens is 338 g/mol. The fourth-order valence-electron chi connectivity index (χ4n) is 2.94. The Bertz CT molecular complexity index is 1040. The van der Waals surface area contributed by atoms with Crippen LogP contribution in [0.4, 0.5) is 0 Å². The highest BCUT2D eigenvalue weighted by Crippen LogP contribution is 2.14. The summed E-state index contributed by atoms with van der Waals surface area (Å²) in [4.78, 5) is 20.9. The van der Waals surface area contributed by atoms with Crippen LogP contribution >= 0.6 is 0 Å². The van der Waals surface area contributed by atoms with Gasteiger partial charge in [0.15, 0.2) is 5.65 Å². The highest BCUT2D eigenvalue weighted by Gasteiger charge is 2.10. The van der Waals surface area contributed by atoms with Crippen molar-refractivity contribution < 1.29 is 4.79 Å². The van der Waals surface area contributed by atoms with E-state index >= 15 is 0 Å². The van der Waals surface area contributed by atoms with Crippen molar-refractivity contribution in [1.29, 1.82) is 0 Å². The molecule has 0 atom stereocenters. The van der Waals surface area contributed by atoms with Crippen LogP contribution in [0, 0.1) is 0 Å². The third kappa shape index (κ3) is 4.00. The molecule has 3 aromatic heterocycles. The van der Waals surface area contributed by atoms with Crippen LogP contribution in [0.5, 0.6) is 0 Å². The van der Waals surface area contributed by atoms with Gasteiger partial charge in [0.05, 0.1) is 18.3 Å². The summed E-state index contributed by atoms with van der Waals surface area (Å²) in [5, 5.41) is 8.19. The molecule has 0 spiro atoms. The highest BCUT2D eigenvalue weighted by atomic mass is 16.1. The summed E-state index contributed by atoms with van der Waals surface area (Å²) in [6.45, 7) is 1.20. The summed E-state index contributed by atoms with van der Waals surface area (Å²) in [6, 6.07) is 15.8. The van der Waals surface area contributed by atoms with Crippen molar-refractivity contribution >= 4 is 16.9 Å². The maximum absolute atomic E-state index is 12.4. The number of carbonyl (C=O) groups is 1. The lowest BCUT2D eigenvalue weighted by atomic mass is 10.2. The maximum Gasteiger partial charge on any atom is 0.252 e. The molecule has 1 amide bonds. The summed E-state index contributed by atoms with van der Waals surface area (Å²) in [6.07, 6.45) is 7.63. The van der Waals surface area contributed by atoms with E-state index in [4.69, 9.17) is 0 Å². The molecule has 0 saturated heterocycles. The number of nitrogens with one attached hydrogen (secondary N) is 1. The van der Waals surface area contributed by atoms with Crippen molar-refractivity contribution in [3.05, 3.63) is 90.0 Å². The van der Waals surface area contributed by atoms with Gasteiger partial charge in [0, 0.05) is 30.5 Å². The Morgan fingerprint density at radius 1 is 1.00 bits per heavy atom. The monoisotopic (exact) mass is 357 g/mol. The summed E-state index contributed by atoms with van der Waals surface area (Å²) < 4.78 is 1.84. The minimum absolute atomic E-state index is 0.135. The predicted octanol–water partition coefficient (Wildman–Crippen LogP) is 2.85. The van der Waals surface area contributed by atoms with E-state index in [0.29, 0.717) is 18.7 Å². The molecule has 1 aromatic carbocycles. The van der Waals surface area contributed by atoms with Crippen molar-refractivity contribution in [2.45, 2.75) is 13.0 Å². The first-order valence-corrected chi connectivity index (χ1v) is 8.82. The summed E-state index contributed by atoms with van der Waals surface area (Å²) in [5.41, 5.74) is 3.55. The van der Waals surface area contributed by atoms with Gasteiger partial charge < -0.3 is 5.32 Å². The molecule has 0 aliphatic rings. The zero-order valence-corrected chi connectivity index (χ0v) is 14.7. The lowest BCUT2D eigenvalue weighted by molar-refractivity contribution is 0.0954. The molecule has 1 N–H and O–H groups in total. The molecule has 0 fully saturated rings. The molecular formula is C21H19N5O. The fourth-order valence-corrected chi connectivity index (χ4v) is 2.94. The second-order valence-electron chi connectivity index (χ2n) is 6.29. The molecule has 134 valence electrons. The van der Waals surface area contributed by atoms with E-state index in [1.165, 1.54) is 0 Å². The third-order valence-corrected chi connectivity index (χ3v) is 4.34. The van der Waals surface area contributed by atoms with Crippen LogP contribution in [0.2, 0.25) is 0 Å². The van der Waals surface area contributed by atoms with Gasteiger partial charge in [0.2, 0.25) is 0 Å². The molecule has 0 saturated carbocycles. The number of hydrogen-bond donors (Lipinski definition) is 1. The van der Waals surface area contributed by atoms with Gasteiger partial charge in [0.1, 0.15) is 0 Å². The number of aromatic nitrogens is 4. The predicted molar refractivity (Wildman–Crippen MR) is 103 cm³/mol. The summed E-state index contributed by atoms with van der Waals surface area (Å²) in [7, 11) is 0. The van der Waals surface area contributed by atoms with Gasteiger partial charge in [-0.05, 0) is 29.7 Å². The van der Waals surface area contributed by atoms with Crippen LogP contribution in [0.25, 0.3) is 11.0 Å². The summed E-state index contributed by atoms with van der Waals surface area (Å²) >= 11 is 0. The average molecular weight is 357 g/mol. The van der Waals surface area contributed by atoms with Crippen LogP contribution < -0.4 is 5.32 Å². The van der Waals surface area contributed by atoms with Crippen molar-refractivity contribution in [1.82, 2.24) is 25.1 Å². The minimum atomic E-state index is -0.135. The quantitative estimate of drug-likeness (QED) is 0.576. The average Bonchev–Trinajstić information content (AvgIpc) is 3.11. The molecule has 27 heavy (non-hydrogen) atoms. The molecule has 4 aromatic rings. The fraction of sp³-hybridized carbons (Fsp3) is 0.143. The highest BCUT2D eigenvalue weighted by molar-refractivity contribution is 5.96. The van der Waals surface area contributed by atoms with Gasteiger partial charge in [0.25, 0.3) is 5.91 Å². The van der Waals surface area contributed by atoms with E-state index in [1.807, 2.05) is 41.1 Å². The van der Waals surface area contributed by atoms with Crippen LogP contribution in [-0.4, -0.2) is 32.2 Å². The molecule has 6 nitrogen and oxygen atoms in total. The molecule has 4 rings (SSSR count). The Morgan fingerprint density at radius 3 is 2.67 bits per heavy atom. The van der Waals surface area contributed by atoms with Crippen molar-refractivity contribution in [3.63, 3.8) is 0 Å². The van der Waals surface area contributed by atoms with Crippen LogP contribution in [0.1, 0.15) is 21.5 Å². The normalized spacial score (nSPS) is 10.8. The van der Waals surface area contributed by atoms with Gasteiger partial charge in [-0.3, -0.25) is 9.78 Å². The van der Waals surface area contributed by atoms with E-state index in [9.17, 15) is 4.79 Å². The smallest absolute Gasteiger partial charge is 0.252 e. The van der Waals surface area contributed by atoms with E-state index in [-0.39, 0.29) is 5.91 Å². The van der Waals surface area contributed by atoms with Crippen molar-refractivity contribution in [2.24, 2.45) is 0 Å². The first kappa shape index (κ1) is 16.9. The van der Waals surface area contributed by atoms with Crippen molar-refractivity contribution in [3.8, 4) is 0 Å². The van der Waals surface area contributed by atoms with Crippen LogP contribution in [0.3, 0.4) is 0 Å². The second kappa shape index (κ2) is 7.78. The Labute approximate surface area is 156 Å². The number of hydrogen-bond acceptors (Lipinski definition) is 4. The molecule has 0 bridgehead atoms. The molecule has 0 aliphatic carbocycles. The lowest BCUT2D eigenvalue weighted by Crippen LogP contribution is -2.25. The maximum atomic E-state index is 12.4. The Kier molecular flexibility index (Phi) is 4.87.